The second-order valence-electron chi connectivity index (χ2n) is 4.73. The lowest BCUT2D eigenvalue weighted by Gasteiger charge is -2.25. The van der Waals surface area contributed by atoms with Crippen LogP contribution in [0.1, 0.15) is 27.2 Å². The molecule has 76 valence electrons. The van der Waals surface area contributed by atoms with Crippen LogP contribution < -0.4 is 0 Å². The van der Waals surface area contributed by atoms with E-state index in [0.717, 1.165) is 13.0 Å². The number of likely N-dealkylation sites (tertiary alicyclic amines) is 1. The lowest BCUT2D eigenvalue weighted by molar-refractivity contribution is -0.137. The Morgan fingerprint density at radius 1 is 1.54 bits per heavy atom. The van der Waals surface area contributed by atoms with Crippen LogP contribution in [0.4, 0.5) is 0 Å². The molecule has 1 aliphatic heterocycles. The van der Waals surface area contributed by atoms with Gasteiger partial charge in [-0.3, -0.25) is 4.79 Å². The Bertz CT molecular complexity index is 196. The normalized spacial score (nSPS) is 24.2. The predicted octanol–water partition coefficient (Wildman–Crippen LogP) is 1.48. The summed E-state index contributed by atoms with van der Waals surface area (Å²) in [6.45, 7) is 7.63. The minimum absolute atomic E-state index is 0.0829. The van der Waals surface area contributed by atoms with E-state index in [9.17, 15) is 4.79 Å². The number of hydrogen-bond donors (Lipinski definition) is 0. The molecule has 0 spiro atoms. The first kappa shape index (κ1) is 10.5. The molecule has 0 aromatic heterocycles. The van der Waals surface area contributed by atoms with E-state index in [-0.39, 0.29) is 17.2 Å². The zero-order chi connectivity index (χ0) is 10.1. The van der Waals surface area contributed by atoms with E-state index < -0.39 is 0 Å². The van der Waals surface area contributed by atoms with Gasteiger partial charge in [0, 0.05) is 19.6 Å². The summed E-state index contributed by atoms with van der Waals surface area (Å²) < 4.78 is 4.96. The van der Waals surface area contributed by atoms with Gasteiger partial charge in [-0.15, -0.1) is 0 Å². The van der Waals surface area contributed by atoms with Crippen molar-refractivity contribution in [1.29, 1.82) is 0 Å². The van der Waals surface area contributed by atoms with E-state index in [0.29, 0.717) is 6.73 Å². The molecule has 1 atom stereocenters. The van der Waals surface area contributed by atoms with Gasteiger partial charge < -0.3 is 9.64 Å². The first-order valence-electron chi connectivity index (χ1n) is 4.74. The summed E-state index contributed by atoms with van der Waals surface area (Å²) >= 11 is 0. The van der Waals surface area contributed by atoms with Gasteiger partial charge in [0.25, 0.3) is 0 Å². The van der Waals surface area contributed by atoms with Crippen molar-refractivity contribution in [2.75, 3.05) is 20.4 Å². The van der Waals surface area contributed by atoms with Crippen LogP contribution in [0.15, 0.2) is 0 Å². The highest BCUT2D eigenvalue weighted by atomic mass is 16.5. The number of amides is 1. The summed E-state index contributed by atoms with van der Waals surface area (Å²) in [6.07, 6.45) is 0.964. The minimum atomic E-state index is 0.0829. The summed E-state index contributed by atoms with van der Waals surface area (Å²) in [5, 5.41) is 0. The Hall–Kier alpha value is -0.570. The fourth-order valence-electron chi connectivity index (χ4n) is 1.83. The molecule has 1 fully saturated rings. The molecule has 1 amide bonds. The van der Waals surface area contributed by atoms with Crippen molar-refractivity contribution < 1.29 is 9.53 Å². The first-order chi connectivity index (χ1) is 5.96. The van der Waals surface area contributed by atoms with Crippen molar-refractivity contribution in [3.8, 4) is 0 Å². The smallest absolute Gasteiger partial charge is 0.228 e. The molecule has 1 heterocycles. The molecule has 0 N–H and O–H groups in total. The van der Waals surface area contributed by atoms with Gasteiger partial charge in [0.05, 0.1) is 0 Å². The highest BCUT2D eigenvalue weighted by molar-refractivity contribution is 5.81. The summed E-state index contributed by atoms with van der Waals surface area (Å²) in [6, 6.07) is 0. The quantitative estimate of drug-likeness (QED) is 0.652. The standard InChI is InChI=1S/C10H19NO2/c1-10(2,3)8-5-6-11(7-13-4)9(8)12/h8H,5-7H2,1-4H3. The van der Waals surface area contributed by atoms with Crippen LogP contribution in [0.25, 0.3) is 0 Å². The van der Waals surface area contributed by atoms with Crippen LogP contribution in [0.3, 0.4) is 0 Å². The Balaban J connectivity index is 2.60. The van der Waals surface area contributed by atoms with E-state index in [1.54, 1.807) is 12.0 Å². The Morgan fingerprint density at radius 2 is 2.15 bits per heavy atom. The summed E-state index contributed by atoms with van der Waals surface area (Å²) in [7, 11) is 1.62. The van der Waals surface area contributed by atoms with E-state index in [2.05, 4.69) is 20.8 Å². The van der Waals surface area contributed by atoms with Crippen LogP contribution in [0.2, 0.25) is 0 Å². The van der Waals surface area contributed by atoms with Crippen molar-refractivity contribution >= 4 is 5.91 Å². The van der Waals surface area contributed by atoms with Gasteiger partial charge >= 0.3 is 0 Å². The second-order valence-corrected chi connectivity index (χ2v) is 4.73. The van der Waals surface area contributed by atoms with Gasteiger partial charge in [-0.2, -0.15) is 0 Å². The number of rotatable bonds is 2. The number of hydrogen-bond acceptors (Lipinski definition) is 2. The number of ether oxygens (including phenoxy) is 1. The average molecular weight is 185 g/mol. The maximum absolute atomic E-state index is 11.8. The van der Waals surface area contributed by atoms with E-state index in [1.807, 2.05) is 0 Å². The first-order valence-corrected chi connectivity index (χ1v) is 4.74. The van der Waals surface area contributed by atoms with Crippen molar-refractivity contribution in [2.24, 2.45) is 11.3 Å². The van der Waals surface area contributed by atoms with Crippen molar-refractivity contribution in [1.82, 2.24) is 4.90 Å². The number of nitrogens with zero attached hydrogens (tertiary/aromatic N) is 1. The summed E-state index contributed by atoms with van der Waals surface area (Å²) in [4.78, 5) is 13.6. The van der Waals surface area contributed by atoms with E-state index in [4.69, 9.17) is 4.74 Å². The van der Waals surface area contributed by atoms with Gasteiger partial charge in [0.1, 0.15) is 6.73 Å². The molecule has 13 heavy (non-hydrogen) atoms. The fourth-order valence-corrected chi connectivity index (χ4v) is 1.83. The van der Waals surface area contributed by atoms with Crippen molar-refractivity contribution in [2.45, 2.75) is 27.2 Å². The Kier molecular flexibility index (Phi) is 2.96. The van der Waals surface area contributed by atoms with E-state index >= 15 is 0 Å². The summed E-state index contributed by atoms with van der Waals surface area (Å²) in [5.74, 6) is 0.414. The highest BCUT2D eigenvalue weighted by Crippen LogP contribution is 2.34. The Labute approximate surface area is 80.1 Å². The second kappa shape index (κ2) is 3.66. The molecule has 0 saturated carbocycles. The number of carbonyl (C=O) groups is 1. The third-order valence-electron chi connectivity index (χ3n) is 2.63. The molecule has 0 aromatic rings. The molecule has 0 bridgehead atoms. The topological polar surface area (TPSA) is 29.5 Å². The highest BCUT2D eigenvalue weighted by Gasteiger charge is 2.38. The monoisotopic (exact) mass is 185 g/mol. The van der Waals surface area contributed by atoms with Gasteiger partial charge in [-0.25, -0.2) is 0 Å². The predicted molar refractivity (Wildman–Crippen MR) is 51.2 cm³/mol. The van der Waals surface area contributed by atoms with Crippen LogP contribution in [0.5, 0.6) is 0 Å². The van der Waals surface area contributed by atoms with Crippen LogP contribution >= 0.6 is 0 Å². The molecule has 1 rings (SSSR count). The maximum atomic E-state index is 11.8. The van der Waals surface area contributed by atoms with Crippen LogP contribution in [-0.2, 0) is 9.53 Å². The van der Waals surface area contributed by atoms with E-state index in [1.165, 1.54) is 0 Å². The lowest BCUT2D eigenvalue weighted by atomic mass is 9.80. The molecule has 1 aliphatic rings. The largest absolute Gasteiger partial charge is 0.364 e. The van der Waals surface area contributed by atoms with Gasteiger partial charge in [0.2, 0.25) is 5.91 Å². The SMILES string of the molecule is COCN1CCC(C(C)(C)C)C1=O. The van der Waals surface area contributed by atoms with Crippen molar-refractivity contribution in [3.05, 3.63) is 0 Å². The minimum Gasteiger partial charge on any atom is -0.364 e. The molecule has 0 radical (unpaired) electrons. The molecule has 0 aliphatic carbocycles. The molecule has 3 nitrogen and oxygen atoms in total. The zero-order valence-electron chi connectivity index (χ0n) is 8.96. The molecule has 3 heteroatoms. The lowest BCUT2D eigenvalue weighted by Crippen LogP contribution is -2.33. The molecular formula is C10H19NO2. The summed E-state index contributed by atoms with van der Waals surface area (Å²) in [5.41, 5.74) is 0.0829. The van der Waals surface area contributed by atoms with Crippen molar-refractivity contribution in [3.63, 3.8) is 0 Å². The van der Waals surface area contributed by atoms with Crippen LogP contribution in [-0.4, -0.2) is 31.2 Å². The third-order valence-corrected chi connectivity index (χ3v) is 2.63. The zero-order valence-corrected chi connectivity index (χ0v) is 8.96. The Morgan fingerprint density at radius 3 is 2.54 bits per heavy atom. The van der Waals surface area contributed by atoms with Gasteiger partial charge in [-0.05, 0) is 11.8 Å². The third kappa shape index (κ3) is 2.21. The maximum Gasteiger partial charge on any atom is 0.228 e. The number of methoxy groups -OCH3 is 1. The molecule has 1 saturated heterocycles. The van der Waals surface area contributed by atoms with Gasteiger partial charge in [0.15, 0.2) is 0 Å². The van der Waals surface area contributed by atoms with Crippen LogP contribution in [0, 0.1) is 11.3 Å². The number of carbonyl (C=O) groups excluding carboxylic acids is 1. The molecule has 0 aromatic carbocycles. The fraction of sp³-hybridized carbons (Fsp3) is 0.900. The van der Waals surface area contributed by atoms with Gasteiger partial charge in [-0.1, -0.05) is 20.8 Å². The average Bonchev–Trinajstić information content (AvgIpc) is 2.32. The molecular weight excluding hydrogens is 166 g/mol. The molecule has 1 unspecified atom stereocenters.